The Morgan fingerprint density at radius 3 is 2.79 bits per heavy atom. The zero-order chi connectivity index (χ0) is 16.3. The third-order valence-electron chi connectivity index (χ3n) is 4.82. The van der Waals surface area contributed by atoms with E-state index in [0.29, 0.717) is 5.75 Å². The molecule has 5 nitrogen and oxygen atoms in total. The van der Waals surface area contributed by atoms with E-state index >= 15 is 0 Å². The molecule has 5 rings (SSSR count). The summed E-state index contributed by atoms with van der Waals surface area (Å²) in [7, 11) is 1.56. The van der Waals surface area contributed by atoms with Gasteiger partial charge in [-0.25, -0.2) is 0 Å². The van der Waals surface area contributed by atoms with Gasteiger partial charge >= 0.3 is 0 Å². The number of benzene rings is 2. The molecule has 0 fully saturated rings. The molecule has 0 atom stereocenters. The van der Waals surface area contributed by atoms with Crippen LogP contribution in [0.2, 0.25) is 0 Å². The lowest BCUT2D eigenvalue weighted by Gasteiger charge is -2.16. The number of ether oxygens (including phenoxy) is 3. The Morgan fingerprint density at radius 2 is 1.96 bits per heavy atom. The number of rotatable bonds is 1. The molecule has 5 heteroatoms. The Kier molecular flexibility index (Phi) is 2.68. The van der Waals surface area contributed by atoms with E-state index in [0.717, 1.165) is 46.5 Å². The summed E-state index contributed by atoms with van der Waals surface area (Å²) in [6.07, 6.45) is 2.91. The van der Waals surface area contributed by atoms with Crippen molar-refractivity contribution in [3.8, 4) is 34.3 Å². The predicted octanol–water partition coefficient (Wildman–Crippen LogP) is 2.79. The van der Waals surface area contributed by atoms with Crippen LogP contribution in [0.1, 0.15) is 5.56 Å². The van der Waals surface area contributed by atoms with E-state index in [1.807, 2.05) is 12.3 Å². The molecule has 0 saturated carbocycles. The summed E-state index contributed by atoms with van der Waals surface area (Å²) in [4.78, 5) is 0. The fourth-order valence-corrected chi connectivity index (χ4v) is 3.57. The van der Waals surface area contributed by atoms with E-state index in [2.05, 4.69) is 22.8 Å². The Hall–Kier alpha value is -2.95. The molecule has 0 spiro atoms. The van der Waals surface area contributed by atoms with Crippen molar-refractivity contribution in [2.45, 2.75) is 13.0 Å². The maximum atomic E-state index is 10.4. The summed E-state index contributed by atoms with van der Waals surface area (Å²) in [6, 6.07) is 10.00. The third kappa shape index (κ3) is 1.78. The molecule has 2 aliphatic heterocycles. The van der Waals surface area contributed by atoms with Gasteiger partial charge in [0.05, 0.1) is 18.1 Å². The van der Waals surface area contributed by atoms with E-state index in [1.54, 1.807) is 13.2 Å². The van der Waals surface area contributed by atoms with E-state index < -0.39 is 0 Å². The second-order valence-corrected chi connectivity index (χ2v) is 6.08. The molecule has 120 valence electrons. The van der Waals surface area contributed by atoms with E-state index in [4.69, 9.17) is 14.2 Å². The predicted molar refractivity (Wildman–Crippen MR) is 87.6 cm³/mol. The highest BCUT2D eigenvalue weighted by Crippen LogP contribution is 2.41. The Balaban J connectivity index is 1.76. The molecule has 0 amide bonds. The van der Waals surface area contributed by atoms with Gasteiger partial charge in [-0.1, -0.05) is 0 Å². The smallest absolute Gasteiger partial charge is 0.231 e. The highest BCUT2D eigenvalue weighted by Gasteiger charge is 2.28. The zero-order valence-electron chi connectivity index (χ0n) is 13.2. The van der Waals surface area contributed by atoms with Crippen LogP contribution in [0.25, 0.3) is 22.0 Å². The van der Waals surface area contributed by atoms with Gasteiger partial charge in [0.25, 0.3) is 0 Å². The largest absolute Gasteiger partial charge is 0.504 e. The highest BCUT2D eigenvalue weighted by molar-refractivity contribution is 5.91. The van der Waals surface area contributed by atoms with Crippen molar-refractivity contribution >= 4 is 10.8 Å². The lowest BCUT2D eigenvalue weighted by atomic mass is 9.95. The van der Waals surface area contributed by atoms with Gasteiger partial charge in [0.1, 0.15) is 0 Å². The summed E-state index contributed by atoms with van der Waals surface area (Å²) >= 11 is 0. The molecular formula is C19H16NO4+. The van der Waals surface area contributed by atoms with Crippen LogP contribution in [0.15, 0.2) is 36.5 Å². The minimum atomic E-state index is 0.182. The van der Waals surface area contributed by atoms with Crippen LogP contribution in [-0.4, -0.2) is 19.0 Å². The summed E-state index contributed by atoms with van der Waals surface area (Å²) in [5.74, 6) is 2.29. The van der Waals surface area contributed by atoms with E-state index in [9.17, 15) is 5.11 Å². The number of aryl methyl sites for hydroxylation is 2. The summed E-state index contributed by atoms with van der Waals surface area (Å²) in [5, 5.41) is 12.2. The number of aromatic hydroxyl groups is 1. The second kappa shape index (κ2) is 4.77. The van der Waals surface area contributed by atoms with Gasteiger partial charge in [0, 0.05) is 12.5 Å². The van der Waals surface area contributed by atoms with Crippen LogP contribution in [0.4, 0.5) is 0 Å². The quantitative estimate of drug-likeness (QED) is 0.700. The first-order valence-corrected chi connectivity index (χ1v) is 7.90. The van der Waals surface area contributed by atoms with Crippen LogP contribution >= 0.6 is 0 Å². The number of methoxy groups -OCH3 is 1. The number of nitrogens with zero attached hydrogens (tertiary/aromatic N) is 1. The van der Waals surface area contributed by atoms with Gasteiger partial charge in [0.2, 0.25) is 12.5 Å². The van der Waals surface area contributed by atoms with Gasteiger partial charge in [0.15, 0.2) is 35.7 Å². The van der Waals surface area contributed by atoms with Crippen molar-refractivity contribution in [2.75, 3.05) is 13.9 Å². The zero-order valence-corrected chi connectivity index (χ0v) is 13.2. The molecule has 2 aliphatic rings. The number of hydrogen-bond donors (Lipinski definition) is 1. The maximum Gasteiger partial charge on any atom is 0.231 e. The number of phenolic OH excluding ortho intramolecular Hbond substituents is 1. The molecule has 0 radical (unpaired) electrons. The summed E-state index contributed by atoms with van der Waals surface area (Å²) in [5.41, 5.74) is 3.53. The lowest BCUT2D eigenvalue weighted by molar-refractivity contribution is -0.686. The first-order valence-electron chi connectivity index (χ1n) is 7.90. The standard InChI is InChI=1S/C19H15NO4/c1-22-16-3-2-11-6-15-13-8-18-17(23-10-24-18)7-12(13)4-5-20(15)9-14(11)19(16)21/h2-3,6-9H,4-5,10H2,1H3/p+1. The minimum Gasteiger partial charge on any atom is -0.504 e. The number of fused-ring (bicyclic) bond motifs is 5. The van der Waals surface area contributed by atoms with Gasteiger partial charge in [-0.3, -0.25) is 0 Å². The van der Waals surface area contributed by atoms with Crippen molar-refractivity contribution in [1.82, 2.24) is 0 Å². The molecule has 0 unspecified atom stereocenters. The lowest BCUT2D eigenvalue weighted by Crippen LogP contribution is -2.39. The topological polar surface area (TPSA) is 51.8 Å². The molecule has 2 aromatic carbocycles. The Labute approximate surface area is 138 Å². The van der Waals surface area contributed by atoms with Crippen molar-refractivity contribution in [3.05, 3.63) is 42.1 Å². The Bertz CT molecular complexity index is 997. The van der Waals surface area contributed by atoms with Crippen molar-refractivity contribution in [2.24, 2.45) is 0 Å². The number of aromatic nitrogens is 1. The number of hydrogen-bond acceptors (Lipinski definition) is 4. The van der Waals surface area contributed by atoms with Gasteiger partial charge in [-0.2, -0.15) is 4.57 Å². The molecular weight excluding hydrogens is 306 g/mol. The average Bonchev–Trinajstić information content (AvgIpc) is 3.06. The van der Waals surface area contributed by atoms with Crippen molar-refractivity contribution in [3.63, 3.8) is 0 Å². The van der Waals surface area contributed by atoms with Crippen molar-refractivity contribution < 1.29 is 23.9 Å². The number of phenols is 1. The van der Waals surface area contributed by atoms with Crippen molar-refractivity contribution in [1.29, 1.82) is 0 Å². The number of pyridine rings is 1. The van der Waals surface area contributed by atoms with Crippen LogP contribution in [0, 0.1) is 0 Å². The van der Waals surface area contributed by atoms with E-state index in [-0.39, 0.29) is 12.5 Å². The molecule has 1 N–H and O–H groups in total. The van der Waals surface area contributed by atoms with Crippen LogP contribution in [0.3, 0.4) is 0 Å². The molecule has 0 aliphatic carbocycles. The van der Waals surface area contributed by atoms with E-state index in [1.165, 1.54) is 5.56 Å². The maximum absolute atomic E-state index is 10.4. The molecule has 3 aromatic rings. The van der Waals surface area contributed by atoms with Crippen LogP contribution < -0.4 is 18.8 Å². The molecule has 0 bridgehead atoms. The average molecular weight is 322 g/mol. The first-order chi connectivity index (χ1) is 11.7. The third-order valence-corrected chi connectivity index (χ3v) is 4.82. The normalized spacial score (nSPS) is 14.4. The van der Waals surface area contributed by atoms with Gasteiger partial charge in [-0.15, -0.1) is 0 Å². The summed E-state index contributed by atoms with van der Waals surface area (Å²) in [6.45, 7) is 1.14. The SMILES string of the molecule is COc1ccc2cc3[n+](cc2c1O)CCc1cc2c(cc1-3)OCO2. The fourth-order valence-electron chi connectivity index (χ4n) is 3.57. The second-order valence-electron chi connectivity index (χ2n) is 6.08. The van der Waals surface area contributed by atoms with Gasteiger partial charge < -0.3 is 19.3 Å². The summed E-state index contributed by atoms with van der Waals surface area (Å²) < 4.78 is 18.4. The fraction of sp³-hybridized carbons (Fsp3) is 0.211. The van der Waals surface area contributed by atoms with Crippen LogP contribution in [-0.2, 0) is 13.0 Å². The first kappa shape index (κ1) is 13.5. The van der Waals surface area contributed by atoms with Gasteiger partial charge in [-0.05, 0) is 35.2 Å². The minimum absolute atomic E-state index is 0.182. The Morgan fingerprint density at radius 1 is 1.12 bits per heavy atom. The highest BCUT2D eigenvalue weighted by atomic mass is 16.7. The molecule has 0 saturated heterocycles. The molecule has 24 heavy (non-hydrogen) atoms. The van der Waals surface area contributed by atoms with Crippen LogP contribution in [0.5, 0.6) is 23.0 Å². The molecule has 3 heterocycles. The monoisotopic (exact) mass is 322 g/mol. The molecule has 1 aromatic heterocycles.